The van der Waals surface area contributed by atoms with Crippen LogP contribution in [0.15, 0.2) is 33.9 Å². The Morgan fingerprint density at radius 1 is 0.946 bits per heavy atom. The second-order valence-corrected chi connectivity index (χ2v) is 12.0. The molecular weight excluding hydrogens is 466 g/mol. The molecule has 204 valence electrons. The van der Waals surface area contributed by atoms with Gasteiger partial charge in [-0.1, -0.05) is 65.0 Å². The van der Waals surface area contributed by atoms with Crippen LogP contribution in [0.2, 0.25) is 0 Å². The summed E-state index contributed by atoms with van der Waals surface area (Å²) in [6.45, 7) is 6.76. The van der Waals surface area contributed by atoms with Crippen LogP contribution >= 0.6 is 0 Å². The van der Waals surface area contributed by atoms with Gasteiger partial charge in [-0.05, 0) is 68.4 Å². The Labute approximate surface area is 220 Å². The van der Waals surface area contributed by atoms with Gasteiger partial charge >= 0.3 is 11.7 Å². The smallest absolute Gasteiger partial charge is 0.332 e. The summed E-state index contributed by atoms with van der Waals surface area (Å²) in [4.78, 5) is 37.2. The fourth-order valence-corrected chi connectivity index (χ4v) is 7.01. The number of rotatable bonds is 4. The maximum Gasteiger partial charge on any atom is 0.332 e. The fraction of sp³-hybridized carbons (Fsp3) is 0.700. The van der Waals surface area contributed by atoms with E-state index in [9.17, 15) is 19.5 Å². The number of benzene rings is 1. The number of carboxylic acid groups (broad SMARTS) is 1. The maximum atomic E-state index is 13.0. The van der Waals surface area contributed by atoms with Gasteiger partial charge in [0, 0.05) is 18.1 Å². The molecule has 4 atom stereocenters. The molecule has 1 aromatic heterocycles. The minimum atomic E-state index is -1.10. The van der Waals surface area contributed by atoms with Gasteiger partial charge < -0.3 is 10.4 Å². The monoisotopic (exact) mass is 511 g/mol. The molecule has 3 fully saturated rings. The van der Waals surface area contributed by atoms with Crippen molar-refractivity contribution in [3.8, 4) is 0 Å². The molecule has 7 heteroatoms. The number of aliphatic carboxylic acids is 1. The number of carbonyl (C=O) groups is 1. The minimum absolute atomic E-state index is 0.179. The molecule has 2 aliphatic heterocycles. The van der Waals surface area contributed by atoms with E-state index in [0.29, 0.717) is 23.0 Å². The molecule has 2 aromatic rings. The average molecular weight is 512 g/mol. The third-order valence-corrected chi connectivity index (χ3v) is 8.87. The van der Waals surface area contributed by atoms with E-state index in [1.165, 1.54) is 54.1 Å². The molecule has 3 heterocycles. The number of nitrogens with zero attached hydrogens (tertiary/aromatic N) is 2. The lowest BCUT2D eigenvalue weighted by molar-refractivity contribution is -0.137. The molecule has 2 N–H and O–H groups in total. The number of piperidine rings is 2. The van der Waals surface area contributed by atoms with Gasteiger partial charge in [-0.15, -0.1) is 0 Å². The van der Waals surface area contributed by atoms with E-state index in [4.69, 9.17) is 0 Å². The van der Waals surface area contributed by atoms with Crippen LogP contribution in [0.1, 0.15) is 97.4 Å². The number of hydrogen-bond donors (Lipinski definition) is 2. The molecule has 3 aliphatic rings. The van der Waals surface area contributed by atoms with E-state index in [0.717, 1.165) is 43.4 Å². The van der Waals surface area contributed by atoms with Crippen LogP contribution in [-0.4, -0.2) is 32.3 Å². The summed E-state index contributed by atoms with van der Waals surface area (Å²) < 4.78 is 2.51. The van der Waals surface area contributed by atoms with Crippen molar-refractivity contribution < 1.29 is 9.90 Å². The van der Waals surface area contributed by atoms with E-state index in [2.05, 4.69) is 26.1 Å². The minimum Gasteiger partial charge on any atom is -0.480 e. The molecule has 1 aliphatic carbocycles. The lowest BCUT2D eigenvalue weighted by Crippen LogP contribution is -2.53. The highest BCUT2D eigenvalue weighted by Crippen LogP contribution is 2.32. The Morgan fingerprint density at radius 3 is 2.14 bits per heavy atom. The number of para-hydroxylation sites is 1. The summed E-state index contributed by atoms with van der Waals surface area (Å²) in [7, 11) is 0. The Bertz CT molecular complexity index is 1160. The van der Waals surface area contributed by atoms with Crippen molar-refractivity contribution in [1.29, 1.82) is 0 Å². The van der Waals surface area contributed by atoms with Gasteiger partial charge in [-0.2, -0.15) is 0 Å². The SMILES string of the molecule is CCC1CC(C)CCCC(C)C1.O=C(O)Cn1c(=O)n(C2CC3CCCC(C2)N3)c(=O)c2ccccc21. The van der Waals surface area contributed by atoms with Crippen LogP contribution in [0.5, 0.6) is 0 Å². The highest BCUT2D eigenvalue weighted by atomic mass is 16.4. The van der Waals surface area contributed by atoms with E-state index < -0.39 is 18.2 Å². The molecule has 0 radical (unpaired) electrons. The lowest BCUT2D eigenvalue weighted by atomic mass is 9.80. The first-order valence-electron chi connectivity index (χ1n) is 14.5. The molecule has 7 nitrogen and oxygen atoms in total. The number of nitrogens with one attached hydrogen (secondary N) is 1. The van der Waals surface area contributed by atoms with Gasteiger partial charge in [0.15, 0.2) is 0 Å². The zero-order valence-electron chi connectivity index (χ0n) is 22.8. The van der Waals surface area contributed by atoms with Gasteiger partial charge in [-0.25, -0.2) is 4.79 Å². The molecule has 0 amide bonds. The number of carboxylic acids is 1. The summed E-state index contributed by atoms with van der Waals surface area (Å²) in [6.07, 6.45) is 13.5. The summed E-state index contributed by atoms with van der Waals surface area (Å²) in [5.74, 6) is 1.90. The van der Waals surface area contributed by atoms with E-state index >= 15 is 0 Å². The van der Waals surface area contributed by atoms with Crippen LogP contribution in [0, 0.1) is 17.8 Å². The van der Waals surface area contributed by atoms with Crippen molar-refractivity contribution in [3.05, 3.63) is 45.1 Å². The second-order valence-electron chi connectivity index (χ2n) is 12.0. The normalized spacial score (nSPS) is 30.0. The molecule has 1 aromatic carbocycles. The van der Waals surface area contributed by atoms with Crippen molar-refractivity contribution in [2.75, 3.05) is 0 Å². The average Bonchev–Trinajstić information content (AvgIpc) is 2.85. The van der Waals surface area contributed by atoms with Crippen molar-refractivity contribution in [3.63, 3.8) is 0 Å². The van der Waals surface area contributed by atoms with Gasteiger partial charge in [0.1, 0.15) is 6.54 Å². The molecule has 2 bridgehead atoms. The Balaban J connectivity index is 0.000000225. The van der Waals surface area contributed by atoms with Crippen LogP contribution in [-0.2, 0) is 11.3 Å². The third-order valence-electron chi connectivity index (χ3n) is 8.87. The third kappa shape index (κ3) is 6.73. The van der Waals surface area contributed by atoms with Gasteiger partial charge in [0.25, 0.3) is 5.56 Å². The lowest BCUT2D eigenvalue weighted by Gasteiger charge is -2.40. The number of aromatic nitrogens is 2. The Hall–Kier alpha value is -2.41. The summed E-state index contributed by atoms with van der Waals surface area (Å²) in [5, 5.41) is 13.1. The highest BCUT2D eigenvalue weighted by molar-refractivity contribution is 5.79. The van der Waals surface area contributed by atoms with E-state index in [-0.39, 0.29) is 11.6 Å². The zero-order valence-corrected chi connectivity index (χ0v) is 22.8. The predicted molar refractivity (Wildman–Crippen MR) is 148 cm³/mol. The first kappa shape index (κ1) is 27.6. The van der Waals surface area contributed by atoms with Crippen molar-refractivity contribution >= 4 is 16.9 Å². The fourth-order valence-electron chi connectivity index (χ4n) is 7.01. The first-order chi connectivity index (χ1) is 17.8. The van der Waals surface area contributed by atoms with E-state index in [1.54, 1.807) is 24.3 Å². The molecule has 0 spiro atoms. The van der Waals surface area contributed by atoms with Crippen LogP contribution in [0.3, 0.4) is 0 Å². The molecule has 2 saturated heterocycles. The zero-order chi connectivity index (χ0) is 26.5. The largest absolute Gasteiger partial charge is 0.480 e. The number of fused-ring (bicyclic) bond motifs is 3. The highest BCUT2D eigenvalue weighted by Gasteiger charge is 2.34. The predicted octanol–water partition coefficient (Wildman–Crippen LogP) is 5.34. The van der Waals surface area contributed by atoms with Crippen LogP contribution in [0.25, 0.3) is 10.9 Å². The maximum absolute atomic E-state index is 13.0. The van der Waals surface area contributed by atoms with E-state index in [1.807, 2.05) is 0 Å². The summed E-state index contributed by atoms with van der Waals surface area (Å²) in [5.41, 5.74) is -0.450. The Morgan fingerprint density at radius 2 is 1.54 bits per heavy atom. The van der Waals surface area contributed by atoms with Gasteiger partial charge in [0.05, 0.1) is 10.9 Å². The first-order valence-corrected chi connectivity index (χ1v) is 14.5. The molecule has 5 rings (SSSR count). The molecule has 4 unspecified atom stereocenters. The molecule has 37 heavy (non-hydrogen) atoms. The van der Waals surface area contributed by atoms with Crippen LogP contribution in [0.4, 0.5) is 0 Å². The van der Waals surface area contributed by atoms with Gasteiger partial charge in [-0.3, -0.25) is 18.7 Å². The Kier molecular flexibility index (Phi) is 9.27. The summed E-state index contributed by atoms with van der Waals surface area (Å²) in [6, 6.07) is 7.20. The molecule has 1 saturated carbocycles. The standard InChI is InChI=1S/C18H21N3O4.C12H24/c22-16(23)10-20-15-7-2-1-6-14(15)17(24)21(18(20)25)13-8-11-4-3-5-12(9-13)19-11;1-4-12-8-10(2)6-5-7-11(3)9-12/h1-2,6-7,11-13,19H,3-5,8-10H2,(H,22,23);10-12H,4-9H2,1-3H3. The van der Waals surface area contributed by atoms with Crippen molar-refractivity contribution in [2.45, 2.75) is 116 Å². The topological polar surface area (TPSA) is 93.3 Å². The second kappa shape index (κ2) is 12.4. The summed E-state index contributed by atoms with van der Waals surface area (Å²) >= 11 is 0. The van der Waals surface area contributed by atoms with Crippen molar-refractivity contribution in [2.24, 2.45) is 17.8 Å². The molecular formula is C30H45N3O4. The van der Waals surface area contributed by atoms with Crippen LogP contribution < -0.4 is 16.6 Å². The number of hydrogen-bond acceptors (Lipinski definition) is 4. The van der Waals surface area contributed by atoms with Crippen molar-refractivity contribution in [1.82, 2.24) is 14.5 Å². The van der Waals surface area contributed by atoms with Gasteiger partial charge in [0.2, 0.25) is 0 Å². The quantitative estimate of drug-likeness (QED) is 0.578.